The van der Waals surface area contributed by atoms with Gasteiger partial charge >= 0.3 is 0 Å². The number of amides is 2. The van der Waals surface area contributed by atoms with E-state index in [0.29, 0.717) is 21.8 Å². The van der Waals surface area contributed by atoms with Gasteiger partial charge in [0.15, 0.2) is 0 Å². The normalized spacial score (nSPS) is 14.0. The Balaban J connectivity index is 1.81. The lowest BCUT2D eigenvalue weighted by Crippen LogP contribution is -2.32. The predicted molar refractivity (Wildman–Crippen MR) is 107 cm³/mol. The van der Waals surface area contributed by atoms with Gasteiger partial charge in [0.05, 0.1) is 11.3 Å². The summed E-state index contributed by atoms with van der Waals surface area (Å²) in [5.74, 6) is -0.767. The van der Waals surface area contributed by atoms with E-state index in [1.165, 1.54) is 4.90 Å². The summed E-state index contributed by atoms with van der Waals surface area (Å²) >= 11 is 5.94. The first-order valence-corrected chi connectivity index (χ1v) is 8.79. The molecular formula is C22H15ClN2O2. The van der Waals surface area contributed by atoms with Gasteiger partial charge in [0.2, 0.25) is 0 Å². The molecule has 1 aliphatic rings. The largest absolute Gasteiger partial charge is 0.350 e. The Labute approximate surface area is 161 Å². The van der Waals surface area contributed by atoms with Crippen LogP contribution in [-0.4, -0.2) is 11.8 Å². The molecule has 0 aliphatic carbocycles. The van der Waals surface area contributed by atoms with Gasteiger partial charge in [-0.3, -0.25) is 9.59 Å². The molecule has 0 spiro atoms. The number of anilines is 2. The van der Waals surface area contributed by atoms with Crippen molar-refractivity contribution in [3.63, 3.8) is 0 Å². The molecule has 0 atom stereocenters. The summed E-state index contributed by atoms with van der Waals surface area (Å²) in [5.41, 5.74) is 2.50. The van der Waals surface area contributed by atoms with Crippen molar-refractivity contribution in [1.29, 1.82) is 0 Å². The number of rotatable bonds is 4. The molecule has 0 unspecified atom stereocenters. The molecule has 0 fully saturated rings. The molecule has 0 bridgehead atoms. The van der Waals surface area contributed by atoms with E-state index in [1.807, 2.05) is 60.7 Å². The molecule has 0 aromatic heterocycles. The first-order chi connectivity index (χ1) is 13.1. The van der Waals surface area contributed by atoms with Crippen LogP contribution >= 0.6 is 11.6 Å². The molecular weight excluding hydrogens is 360 g/mol. The lowest BCUT2D eigenvalue weighted by atomic mass is 10.0. The second kappa shape index (κ2) is 7.09. The lowest BCUT2D eigenvalue weighted by Gasteiger charge is -2.15. The number of hydrogen-bond donors (Lipinski definition) is 1. The third-order valence-electron chi connectivity index (χ3n) is 4.27. The molecule has 27 heavy (non-hydrogen) atoms. The number of nitrogens with one attached hydrogen (secondary N) is 1. The molecule has 4 nitrogen and oxygen atoms in total. The van der Waals surface area contributed by atoms with Crippen LogP contribution < -0.4 is 10.2 Å². The van der Waals surface area contributed by atoms with Crippen molar-refractivity contribution in [2.24, 2.45) is 0 Å². The minimum atomic E-state index is -0.398. The first kappa shape index (κ1) is 17.1. The van der Waals surface area contributed by atoms with Crippen LogP contribution in [0.3, 0.4) is 0 Å². The molecule has 1 aliphatic heterocycles. The van der Waals surface area contributed by atoms with Crippen LogP contribution in [0.1, 0.15) is 5.56 Å². The second-order valence-corrected chi connectivity index (χ2v) is 6.47. The number of benzene rings is 3. The Morgan fingerprint density at radius 2 is 1.30 bits per heavy atom. The molecule has 1 heterocycles. The summed E-state index contributed by atoms with van der Waals surface area (Å²) in [6.45, 7) is 0. The van der Waals surface area contributed by atoms with Crippen LogP contribution in [0.5, 0.6) is 0 Å². The van der Waals surface area contributed by atoms with Crippen LogP contribution in [-0.2, 0) is 9.59 Å². The van der Waals surface area contributed by atoms with E-state index in [0.717, 1.165) is 5.69 Å². The molecule has 1 N–H and O–H groups in total. The summed E-state index contributed by atoms with van der Waals surface area (Å²) in [4.78, 5) is 27.5. The molecule has 0 radical (unpaired) electrons. The van der Waals surface area contributed by atoms with Crippen molar-refractivity contribution < 1.29 is 9.59 Å². The fraction of sp³-hybridized carbons (Fsp3) is 0. The summed E-state index contributed by atoms with van der Waals surface area (Å²) in [7, 11) is 0. The number of imide groups is 1. The molecule has 2 amide bonds. The number of carbonyl (C=O) groups is 2. The van der Waals surface area contributed by atoms with E-state index in [9.17, 15) is 9.59 Å². The minimum absolute atomic E-state index is 0.257. The minimum Gasteiger partial charge on any atom is -0.350 e. The van der Waals surface area contributed by atoms with Crippen LogP contribution in [0.25, 0.3) is 5.57 Å². The van der Waals surface area contributed by atoms with Gasteiger partial charge in [0, 0.05) is 10.7 Å². The van der Waals surface area contributed by atoms with E-state index < -0.39 is 5.91 Å². The average Bonchev–Trinajstić information content (AvgIpc) is 2.94. The standard InChI is InChI=1S/C22H15ClN2O2/c23-16-11-13-18(14-12-16)25-21(26)19(15-7-3-1-4-8-15)20(22(25)27)24-17-9-5-2-6-10-17/h1-14,24H. The summed E-state index contributed by atoms with van der Waals surface area (Å²) in [6, 6.07) is 25.1. The Morgan fingerprint density at radius 3 is 1.93 bits per heavy atom. The van der Waals surface area contributed by atoms with Crippen molar-refractivity contribution in [3.05, 3.63) is 101 Å². The third kappa shape index (κ3) is 3.23. The highest BCUT2D eigenvalue weighted by molar-refractivity contribution is 6.46. The van der Waals surface area contributed by atoms with Gasteiger partial charge in [-0.15, -0.1) is 0 Å². The fourth-order valence-corrected chi connectivity index (χ4v) is 3.13. The topological polar surface area (TPSA) is 49.4 Å². The SMILES string of the molecule is O=C1C(Nc2ccccc2)=C(c2ccccc2)C(=O)N1c1ccc(Cl)cc1. The zero-order valence-corrected chi connectivity index (χ0v) is 15.0. The zero-order valence-electron chi connectivity index (χ0n) is 14.2. The average molecular weight is 375 g/mol. The molecule has 0 saturated carbocycles. The first-order valence-electron chi connectivity index (χ1n) is 8.41. The number of halogens is 1. The van der Waals surface area contributed by atoms with Gasteiger partial charge in [0.25, 0.3) is 11.8 Å². The monoisotopic (exact) mass is 374 g/mol. The van der Waals surface area contributed by atoms with Gasteiger partial charge < -0.3 is 5.32 Å². The molecule has 4 rings (SSSR count). The highest BCUT2D eigenvalue weighted by Crippen LogP contribution is 2.34. The van der Waals surface area contributed by atoms with Crippen LogP contribution in [0.15, 0.2) is 90.6 Å². The Bertz CT molecular complexity index is 1030. The Kier molecular flexibility index (Phi) is 4.48. The molecule has 3 aromatic rings. The van der Waals surface area contributed by atoms with Gasteiger partial charge in [-0.1, -0.05) is 60.1 Å². The molecule has 3 aromatic carbocycles. The van der Waals surface area contributed by atoms with Crippen LogP contribution in [0, 0.1) is 0 Å². The van der Waals surface area contributed by atoms with Crippen molar-refractivity contribution in [2.75, 3.05) is 10.2 Å². The Morgan fingerprint density at radius 1 is 0.704 bits per heavy atom. The quantitative estimate of drug-likeness (QED) is 0.671. The van der Waals surface area contributed by atoms with Gasteiger partial charge in [0.1, 0.15) is 5.70 Å². The number of nitrogens with zero attached hydrogens (tertiary/aromatic N) is 1. The maximum absolute atomic E-state index is 13.2. The van der Waals surface area contributed by atoms with E-state index in [1.54, 1.807) is 24.3 Å². The van der Waals surface area contributed by atoms with Crippen LogP contribution in [0.2, 0.25) is 5.02 Å². The van der Waals surface area contributed by atoms with Crippen molar-refractivity contribution >= 4 is 40.4 Å². The van der Waals surface area contributed by atoms with Gasteiger partial charge in [-0.05, 0) is 42.0 Å². The second-order valence-electron chi connectivity index (χ2n) is 6.03. The van der Waals surface area contributed by atoms with Gasteiger partial charge in [-0.25, -0.2) is 4.90 Å². The lowest BCUT2D eigenvalue weighted by molar-refractivity contribution is -0.120. The van der Waals surface area contributed by atoms with Gasteiger partial charge in [-0.2, -0.15) is 0 Å². The van der Waals surface area contributed by atoms with Crippen molar-refractivity contribution in [1.82, 2.24) is 0 Å². The van der Waals surface area contributed by atoms with E-state index in [4.69, 9.17) is 11.6 Å². The summed E-state index contributed by atoms with van der Waals surface area (Å²) in [6.07, 6.45) is 0. The smallest absolute Gasteiger partial charge is 0.282 e. The predicted octanol–water partition coefficient (Wildman–Crippen LogP) is 4.74. The van der Waals surface area contributed by atoms with E-state index in [2.05, 4.69) is 5.32 Å². The van der Waals surface area contributed by atoms with E-state index in [-0.39, 0.29) is 11.6 Å². The number of carbonyl (C=O) groups excluding carboxylic acids is 2. The fourth-order valence-electron chi connectivity index (χ4n) is 3.01. The molecule has 5 heteroatoms. The number of para-hydroxylation sites is 1. The van der Waals surface area contributed by atoms with Crippen LogP contribution in [0.4, 0.5) is 11.4 Å². The van der Waals surface area contributed by atoms with E-state index >= 15 is 0 Å². The summed E-state index contributed by atoms with van der Waals surface area (Å²) in [5, 5.41) is 3.66. The highest BCUT2D eigenvalue weighted by Gasteiger charge is 2.40. The Hall–Kier alpha value is -3.37. The number of hydrogen-bond acceptors (Lipinski definition) is 3. The highest BCUT2D eigenvalue weighted by atomic mass is 35.5. The maximum Gasteiger partial charge on any atom is 0.282 e. The van der Waals surface area contributed by atoms with Crippen molar-refractivity contribution in [2.45, 2.75) is 0 Å². The summed E-state index contributed by atoms with van der Waals surface area (Å²) < 4.78 is 0. The zero-order chi connectivity index (χ0) is 18.8. The molecule has 0 saturated heterocycles. The maximum atomic E-state index is 13.2. The van der Waals surface area contributed by atoms with Crippen molar-refractivity contribution in [3.8, 4) is 0 Å². The molecule has 132 valence electrons. The third-order valence-corrected chi connectivity index (χ3v) is 4.53.